The maximum Gasteiger partial charge on any atom is 0.410 e. The van der Waals surface area contributed by atoms with Crippen molar-refractivity contribution in [1.29, 1.82) is 0 Å². The lowest BCUT2D eigenvalue weighted by atomic mass is 9.77. The fraction of sp³-hybridized carbons (Fsp3) is 0.0476. The number of hydrogen-bond acceptors (Lipinski definition) is 4. The molecule has 0 saturated carbocycles. The largest absolute Gasteiger partial charge is 0.410 e. The second-order valence-electron chi connectivity index (χ2n) is 6.09. The number of rotatable bonds is 5. The Bertz CT molecular complexity index is 951. The van der Waals surface area contributed by atoms with Crippen LogP contribution in [0, 0.1) is 10.1 Å². The molecule has 0 aliphatic rings. The number of benzene rings is 3. The zero-order chi connectivity index (χ0) is 18.7. The molecule has 0 atom stereocenters. The smallest absolute Gasteiger partial charge is 0.358 e. The van der Waals surface area contributed by atoms with Gasteiger partial charge in [0.25, 0.3) is 0 Å². The zero-order valence-corrected chi connectivity index (χ0v) is 14.3. The predicted octanol–water partition coefficient (Wildman–Crippen LogP) is 4.03. The summed E-state index contributed by atoms with van der Waals surface area (Å²) >= 11 is 0. The lowest BCUT2D eigenvalue weighted by molar-refractivity contribution is -0.389. The van der Waals surface area contributed by atoms with Gasteiger partial charge in [-0.2, -0.15) is 0 Å². The Balaban J connectivity index is 2.10. The van der Waals surface area contributed by atoms with Crippen LogP contribution in [0.15, 0.2) is 97.2 Å². The van der Waals surface area contributed by atoms with Gasteiger partial charge in [-0.25, -0.2) is 4.68 Å². The van der Waals surface area contributed by atoms with Crippen LogP contribution in [0.25, 0.3) is 0 Å². The zero-order valence-electron chi connectivity index (χ0n) is 14.3. The van der Waals surface area contributed by atoms with Crippen molar-refractivity contribution in [2.45, 2.75) is 5.54 Å². The Kier molecular flexibility index (Phi) is 4.22. The summed E-state index contributed by atoms with van der Waals surface area (Å²) in [4.78, 5) is 10.7. The van der Waals surface area contributed by atoms with Crippen molar-refractivity contribution < 1.29 is 4.92 Å². The van der Waals surface area contributed by atoms with E-state index >= 15 is 0 Å². The van der Waals surface area contributed by atoms with Gasteiger partial charge in [-0.1, -0.05) is 91.0 Å². The second-order valence-corrected chi connectivity index (χ2v) is 6.09. The number of nitro groups is 1. The molecule has 6 heteroatoms. The quantitative estimate of drug-likeness (QED) is 0.307. The highest BCUT2D eigenvalue weighted by atomic mass is 16.6. The van der Waals surface area contributed by atoms with E-state index in [-0.39, 0.29) is 5.82 Å². The standard InChI is InChI=1S/C21H16N4O2/c26-25(27)20-16-24(23-22-20)21(17-10-4-1-5-11-17,18-12-6-2-7-13-18)19-14-8-3-9-15-19/h1-16H. The van der Waals surface area contributed by atoms with Crippen LogP contribution in [0.1, 0.15) is 16.7 Å². The van der Waals surface area contributed by atoms with Crippen LogP contribution < -0.4 is 0 Å². The van der Waals surface area contributed by atoms with Crippen LogP contribution in [-0.2, 0) is 5.54 Å². The first-order chi connectivity index (χ1) is 13.2. The fourth-order valence-corrected chi connectivity index (χ4v) is 3.44. The predicted molar refractivity (Wildman–Crippen MR) is 101 cm³/mol. The number of nitrogens with zero attached hydrogens (tertiary/aromatic N) is 4. The summed E-state index contributed by atoms with van der Waals surface area (Å²) in [5, 5.41) is 19.2. The number of aromatic nitrogens is 3. The summed E-state index contributed by atoms with van der Waals surface area (Å²) in [6.45, 7) is 0. The molecule has 0 radical (unpaired) electrons. The van der Waals surface area contributed by atoms with Crippen LogP contribution in [0.3, 0.4) is 0 Å². The van der Waals surface area contributed by atoms with Gasteiger partial charge in [-0.3, -0.25) is 0 Å². The molecule has 0 N–H and O–H groups in total. The minimum atomic E-state index is -0.884. The maximum atomic E-state index is 11.2. The molecule has 132 valence electrons. The van der Waals surface area contributed by atoms with Crippen molar-refractivity contribution in [1.82, 2.24) is 15.0 Å². The first-order valence-electron chi connectivity index (χ1n) is 8.46. The molecule has 0 bridgehead atoms. The monoisotopic (exact) mass is 356 g/mol. The van der Waals surface area contributed by atoms with Gasteiger partial charge in [-0.05, 0) is 21.6 Å². The first-order valence-corrected chi connectivity index (χ1v) is 8.46. The molecule has 0 spiro atoms. The molecule has 6 nitrogen and oxygen atoms in total. The van der Waals surface area contributed by atoms with E-state index in [0.717, 1.165) is 16.7 Å². The summed E-state index contributed by atoms with van der Waals surface area (Å²) in [6, 6.07) is 29.5. The van der Waals surface area contributed by atoms with Crippen molar-refractivity contribution >= 4 is 5.82 Å². The molecular formula is C21H16N4O2. The van der Waals surface area contributed by atoms with E-state index < -0.39 is 10.5 Å². The molecule has 0 amide bonds. The van der Waals surface area contributed by atoms with Gasteiger partial charge in [0.15, 0.2) is 0 Å². The topological polar surface area (TPSA) is 73.8 Å². The van der Waals surface area contributed by atoms with E-state index in [1.807, 2.05) is 91.0 Å². The van der Waals surface area contributed by atoms with Gasteiger partial charge in [0.2, 0.25) is 0 Å². The van der Waals surface area contributed by atoms with E-state index in [0.29, 0.717) is 0 Å². The molecule has 1 heterocycles. The molecule has 0 unspecified atom stereocenters. The maximum absolute atomic E-state index is 11.2. The molecule has 3 aromatic carbocycles. The van der Waals surface area contributed by atoms with Gasteiger partial charge in [-0.15, -0.1) is 0 Å². The van der Waals surface area contributed by atoms with E-state index in [2.05, 4.69) is 10.3 Å². The van der Waals surface area contributed by atoms with Crippen LogP contribution in [0.2, 0.25) is 0 Å². The highest BCUT2D eigenvalue weighted by Gasteiger charge is 2.41. The molecule has 27 heavy (non-hydrogen) atoms. The van der Waals surface area contributed by atoms with Crippen LogP contribution >= 0.6 is 0 Å². The van der Waals surface area contributed by atoms with Gasteiger partial charge >= 0.3 is 5.82 Å². The molecule has 0 saturated heterocycles. The van der Waals surface area contributed by atoms with Crippen LogP contribution in [0.4, 0.5) is 5.82 Å². The summed E-state index contributed by atoms with van der Waals surface area (Å²) in [7, 11) is 0. The minimum Gasteiger partial charge on any atom is -0.358 e. The highest BCUT2D eigenvalue weighted by Crippen LogP contribution is 2.40. The molecule has 0 aliphatic carbocycles. The SMILES string of the molecule is O=[N+]([O-])c1cn(C(c2ccccc2)(c2ccccc2)c2ccccc2)nn1. The van der Waals surface area contributed by atoms with Crippen molar-refractivity contribution in [2.24, 2.45) is 0 Å². The van der Waals surface area contributed by atoms with Gasteiger partial charge < -0.3 is 10.1 Å². The van der Waals surface area contributed by atoms with Crippen LogP contribution in [0.5, 0.6) is 0 Å². The normalized spacial score (nSPS) is 11.3. The average molecular weight is 356 g/mol. The fourth-order valence-electron chi connectivity index (χ4n) is 3.44. The molecule has 0 aliphatic heterocycles. The minimum absolute atomic E-state index is 0.290. The van der Waals surface area contributed by atoms with E-state index in [1.54, 1.807) is 4.68 Å². The Morgan fingerprint density at radius 3 is 1.48 bits per heavy atom. The summed E-state index contributed by atoms with van der Waals surface area (Å²) in [6.07, 6.45) is 1.38. The molecular weight excluding hydrogens is 340 g/mol. The third-order valence-corrected chi connectivity index (χ3v) is 4.59. The van der Waals surface area contributed by atoms with Crippen molar-refractivity contribution in [3.05, 3.63) is 124 Å². The van der Waals surface area contributed by atoms with E-state index in [1.165, 1.54) is 6.20 Å². The van der Waals surface area contributed by atoms with Gasteiger partial charge in [0, 0.05) is 0 Å². The van der Waals surface area contributed by atoms with E-state index in [4.69, 9.17) is 0 Å². The Hall–Kier alpha value is -3.80. The summed E-state index contributed by atoms with van der Waals surface area (Å²) < 4.78 is 1.57. The van der Waals surface area contributed by atoms with Gasteiger partial charge in [0.1, 0.15) is 16.8 Å². The first kappa shape index (κ1) is 16.7. The molecule has 4 aromatic rings. The van der Waals surface area contributed by atoms with Crippen molar-refractivity contribution in [3.8, 4) is 0 Å². The third-order valence-electron chi connectivity index (χ3n) is 4.59. The number of hydrogen-bond donors (Lipinski definition) is 0. The Morgan fingerprint density at radius 2 is 1.15 bits per heavy atom. The van der Waals surface area contributed by atoms with Crippen LogP contribution in [-0.4, -0.2) is 19.9 Å². The summed E-state index contributed by atoms with van der Waals surface area (Å²) in [5.41, 5.74) is 1.91. The van der Waals surface area contributed by atoms with Crippen molar-refractivity contribution in [2.75, 3.05) is 0 Å². The second kappa shape index (κ2) is 6.84. The highest BCUT2D eigenvalue weighted by molar-refractivity contribution is 5.50. The Morgan fingerprint density at radius 1 is 0.741 bits per heavy atom. The molecule has 4 rings (SSSR count). The van der Waals surface area contributed by atoms with Crippen molar-refractivity contribution in [3.63, 3.8) is 0 Å². The van der Waals surface area contributed by atoms with E-state index in [9.17, 15) is 10.1 Å². The lowest BCUT2D eigenvalue weighted by Gasteiger charge is -2.34. The third kappa shape index (κ3) is 2.77. The molecule has 0 fully saturated rings. The van der Waals surface area contributed by atoms with Gasteiger partial charge in [0.05, 0.1) is 5.21 Å². The Labute approximate surface area is 155 Å². The molecule has 1 aromatic heterocycles. The summed E-state index contributed by atoms with van der Waals surface area (Å²) in [5.74, 6) is -0.290. The lowest BCUT2D eigenvalue weighted by Crippen LogP contribution is -2.38. The average Bonchev–Trinajstić information content (AvgIpc) is 3.22.